The molecular formula is C15H25N3O2. The molecule has 1 aromatic rings. The minimum atomic E-state index is 0.0505. The van der Waals surface area contributed by atoms with Crippen LogP contribution in [0.15, 0.2) is 5.16 Å². The Morgan fingerprint density at radius 2 is 2.15 bits per heavy atom. The third-order valence-electron chi connectivity index (χ3n) is 4.41. The van der Waals surface area contributed by atoms with Crippen molar-refractivity contribution in [3.05, 3.63) is 22.4 Å². The van der Waals surface area contributed by atoms with Crippen molar-refractivity contribution in [1.29, 1.82) is 0 Å². The van der Waals surface area contributed by atoms with Gasteiger partial charge in [0.2, 0.25) is 0 Å². The van der Waals surface area contributed by atoms with E-state index in [1.807, 2.05) is 13.8 Å². The third kappa shape index (κ3) is 2.53. The minimum absolute atomic E-state index is 0.0505. The van der Waals surface area contributed by atoms with Gasteiger partial charge in [-0.2, -0.15) is 0 Å². The van der Waals surface area contributed by atoms with Crippen LogP contribution in [-0.2, 0) is 6.42 Å². The van der Waals surface area contributed by atoms with Crippen LogP contribution in [0.25, 0.3) is 0 Å². The number of imidazole rings is 1. The lowest BCUT2D eigenvalue weighted by atomic mass is 9.92. The summed E-state index contributed by atoms with van der Waals surface area (Å²) in [4.78, 5) is 0. The largest absolute Gasteiger partial charge is 0.711 e. The second-order valence-corrected chi connectivity index (χ2v) is 5.70. The first-order chi connectivity index (χ1) is 9.61. The molecule has 0 radical (unpaired) electrons. The van der Waals surface area contributed by atoms with E-state index in [1.165, 1.54) is 0 Å². The van der Waals surface area contributed by atoms with E-state index in [2.05, 4.69) is 16.6 Å². The van der Waals surface area contributed by atoms with Crippen molar-refractivity contribution in [2.24, 2.45) is 5.16 Å². The first-order valence-electron chi connectivity index (χ1n) is 7.62. The maximum absolute atomic E-state index is 12.2. The van der Waals surface area contributed by atoms with Crippen molar-refractivity contribution >= 4 is 5.71 Å². The van der Waals surface area contributed by atoms with Crippen molar-refractivity contribution in [2.75, 3.05) is 0 Å². The summed E-state index contributed by atoms with van der Waals surface area (Å²) in [6.07, 6.45) is 7.05. The molecule has 0 bridgehead atoms. The van der Waals surface area contributed by atoms with Gasteiger partial charge in [0, 0.05) is 20.3 Å². The molecule has 0 unspecified atom stereocenters. The number of rotatable bonds is 4. The summed E-state index contributed by atoms with van der Waals surface area (Å²) in [7, 11) is 0. The standard InChI is InChI=1S/C15H25N3O2/c1-4-5-9-14-11(2)18(20)12(3)17(14)15-10-7-6-8-13(15)16-19/h15,19H,4-10H2,1-3H3/b16-13-/t15-/m0/s1. The first kappa shape index (κ1) is 14.9. The predicted molar refractivity (Wildman–Crippen MR) is 78.2 cm³/mol. The van der Waals surface area contributed by atoms with Crippen LogP contribution in [0, 0.1) is 19.1 Å². The molecule has 5 heteroatoms. The van der Waals surface area contributed by atoms with E-state index in [1.54, 1.807) is 0 Å². The van der Waals surface area contributed by atoms with Crippen LogP contribution in [0.5, 0.6) is 0 Å². The quantitative estimate of drug-likeness (QED) is 0.398. The van der Waals surface area contributed by atoms with Crippen LogP contribution >= 0.6 is 0 Å². The van der Waals surface area contributed by atoms with Gasteiger partial charge in [0.05, 0.1) is 0 Å². The van der Waals surface area contributed by atoms with Gasteiger partial charge in [-0.05, 0) is 32.1 Å². The molecule has 2 rings (SSSR count). The average Bonchev–Trinajstić information content (AvgIpc) is 2.69. The molecule has 1 fully saturated rings. The maximum Gasteiger partial charge on any atom is 0.257 e. The van der Waals surface area contributed by atoms with Gasteiger partial charge < -0.3 is 10.4 Å². The van der Waals surface area contributed by atoms with Gasteiger partial charge in [-0.15, -0.1) is 0 Å². The molecule has 20 heavy (non-hydrogen) atoms. The zero-order valence-corrected chi connectivity index (χ0v) is 12.7. The summed E-state index contributed by atoms with van der Waals surface area (Å²) in [5.41, 5.74) is 2.71. The highest BCUT2D eigenvalue weighted by Gasteiger charge is 2.33. The Morgan fingerprint density at radius 3 is 2.80 bits per heavy atom. The van der Waals surface area contributed by atoms with E-state index >= 15 is 0 Å². The maximum atomic E-state index is 12.2. The molecule has 1 aromatic heterocycles. The van der Waals surface area contributed by atoms with E-state index in [9.17, 15) is 10.4 Å². The molecule has 1 aliphatic carbocycles. The zero-order valence-electron chi connectivity index (χ0n) is 12.7. The Balaban J connectivity index is 2.45. The van der Waals surface area contributed by atoms with Crippen molar-refractivity contribution in [2.45, 2.75) is 71.8 Å². The Labute approximate surface area is 120 Å². The minimum Gasteiger partial charge on any atom is -0.711 e. The molecule has 0 amide bonds. The van der Waals surface area contributed by atoms with Crippen LogP contribution in [0.4, 0.5) is 0 Å². The summed E-state index contributed by atoms with van der Waals surface area (Å²) in [5.74, 6) is 0.710. The van der Waals surface area contributed by atoms with Crippen LogP contribution in [0.3, 0.4) is 0 Å². The molecule has 112 valence electrons. The SMILES string of the molecule is CCCCc1c(C)[n+]([O-])c(C)n1[C@H]1CCCC/C1=N/O. The van der Waals surface area contributed by atoms with Crippen LogP contribution in [0.1, 0.15) is 68.7 Å². The second kappa shape index (κ2) is 6.29. The van der Waals surface area contributed by atoms with E-state index in [4.69, 9.17) is 0 Å². The fourth-order valence-electron chi connectivity index (χ4n) is 3.26. The van der Waals surface area contributed by atoms with Crippen molar-refractivity contribution < 1.29 is 9.94 Å². The molecule has 1 N–H and O–H groups in total. The highest BCUT2D eigenvalue weighted by atomic mass is 16.5. The lowest BCUT2D eigenvalue weighted by Crippen LogP contribution is -2.33. The molecule has 5 nitrogen and oxygen atoms in total. The Hall–Kier alpha value is -1.52. The van der Waals surface area contributed by atoms with E-state index in [0.29, 0.717) is 5.82 Å². The average molecular weight is 279 g/mol. The first-order valence-corrected chi connectivity index (χ1v) is 7.62. The molecular weight excluding hydrogens is 254 g/mol. The number of hydrogen-bond donors (Lipinski definition) is 1. The molecule has 0 spiro atoms. The van der Waals surface area contributed by atoms with Gasteiger partial charge in [-0.3, -0.25) is 0 Å². The Kier molecular flexibility index (Phi) is 4.68. The number of hydrogen-bond acceptors (Lipinski definition) is 3. The second-order valence-electron chi connectivity index (χ2n) is 5.70. The van der Waals surface area contributed by atoms with Crippen LogP contribution in [-0.4, -0.2) is 15.5 Å². The topological polar surface area (TPSA) is 64.5 Å². The smallest absolute Gasteiger partial charge is 0.257 e. The lowest BCUT2D eigenvalue weighted by molar-refractivity contribution is -0.618. The summed E-state index contributed by atoms with van der Waals surface area (Å²) in [6, 6.07) is 0.0505. The van der Waals surface area contributed by atoms with Crippen LogP contribution in [0.2, 0.25) is 0 Å². The van der Waals surface area contributed by atoms with Gasteiger partial charge in [-0.25, -0.2) is 9.30 Å². The predicted octanol–water partition coefficient (Wildman–Crippen LogP) is 3.03. The number of nitrogens with zero attached hydrogens (tertiary/aromatic N) is 3. The fourth-order valence-corrected chi connectivity index (χ4v) is 3.26. The van der Waals surface area contributed by atoms with E-state index in [0.717, 1.165) is 66.8 Å². The molecule has 0 aromatic carbocycles. The summed E-state index contributed by atoms with van der Waals surface area (Å²) < 4.78 is 3.14. The molecule has 0 aliphatic heterocycles. The van der Waals surface area contributed by atoms with Gasteiger partial charge in [0.1, 0.15) is 23.1 Å². The van der Waals surface area contributed by atoms with E-state index in [-0.39, 0.29) is 6.04 Å². The van der Waals surface area contributed by atoms with Crippen molar-refractivity contribution in [1.82, 2.24) is 4.57 Å². The van der Waals surface area contributed by atoms with Crippen LogP contribution < -0.4 is 4.73 Å². The monoisotopic (exact) mass is 279 g/mol. The van der Waals surface area contributed by atoms with Crippen molar-refractivity contribution in [3.8, 4) is 0 Å². The van der Waals surface area contributed by atoms with Gasteiger partial charge in [0.25, 0.3) is 5.82 Å². The molecule has 1 atom stereocenters. The number of aromatic nitrogens is 2. The van der Waals surface area contributed by atoms with Gasteiger partial charge >= 0.3 is 0 Å². The highest BCUT2D eigenvalue weighted by Crippen LogP contribution is 2.29. The normalized spacial score (nSPS) is 21.6. The molecule has 1 aliphatic rings. The summed E-state index contributed by atoms with van der Waals surface area (Å²) in [5, 5.41) is 24.9. The fraction of sp³-hybridized carbons (Fsp3) is 0.733. The third-order valence-corrected chi connectivity index (χ3v) is 4.41. The molecule has 1 heterocycles. The summed E-state index contributed by atoms with van der Waals surface area (Å²) >= 11 is 0. The zero-order chi connectivity index (χ0) is 14.7. The Morgan fingerprint density at radius 1 is 1.40 bits per heavy atom. The lowest BCUT2D eigenvalue weighted by Gasteiger charge is -2.22. The highest BCUT2D eigenvalue weighted by molar-refractivity contribution is 5.88. The number of oxime groups is 1. The van der Waals surface area contributed by atoms with Gasteiger partial charge in [0.15, 0.2) is 0 Å². The molecule has 1 saturated carbocycles. The molecule has 0 saturated heterocycles. The number of unbranched alkanes of at least 4 members (excludes halogenated alkanes) is 1. The van der Waals surface area contributed by atoms with Crippen molar-refractivity contribution in [3.63, 3.8) is 0 Å². The van der Waals surface area contributed by atoms with Gasteiger partial charge in [-0.1, -0.05) is 18.5 Å². The van der Waals surface area contributed by atoms with E-state index < -0.39 is 0 Å². The Bertz CT molecular complexity index is 506. The summed E-state index contributed by atoms with van der Waals surface area (Å²) in [6.45, 7) is 5.90.